The topological polar surface area (TPSA) is 64.2 Å². The van der Waals surface area contributed by atoms with Crippen LogP contribution in [0.25, 0.3) is 61.4 Å². The Morgan fingerprint density at radius 2 is 1.32 bits per heavy atom. The van der Waals surface area contributed by atoms with E-state index in [9.17, 15) is 0 Å². The summed E-state index contributed by atoms with van der Waals surface area (Å²) >= 11 is 0. The van der Waals surface area contributed by atoms with Crippen LogP contribution in [0.4, 0.5) is 0 Å². The fraction of sp³-hybridized carbons (Fsp3) is 0.0417. The molecule has 0 amide bonds. The maximum absolute atomic E-state index is 6.52. The van der Waals surface area contributed by atoms with Gasteiger partial charge in [-0.15, -0.1) is 0 Å². The number of hydrogen-bond acceptors (Lipinski definition) is 5. The van der Waals surface area contributed by atoms with Gasteiger partial charge in [0.1, 0.15) is 11.9 Å². The Labute approximate surface area is 309 Å². The summed E-state index contributed by atoms with van der Waals surface area (Å²) < 4.78 is 6.52. The largest absolute Gasteiger partial charge is 0.464 e. The van der Waals surface area contributed by atoms with Gasteiger partial charge in [0.05, 0.1) is 6.26 Å². The third kappa shape index (κ3) is 8.85. The van der Waals surface area contributed by atoms with Gasteiger partial charge in [0, 0.05) is 28.9 Å². The quantitative estimate of drug-likeness (QED) is 0.118. The highest BCUT2D eigenvalue weighted by molar-refractivity contribution is 6.13. The molecule has 0 saturated carbocycles. The predicted molar refractivity (Wildman–Crippen MR) is 221 cm³/mol. The van der Waals surface area contributed by atoms with Crippen molar-refractivity contribution in [3.8, 4) is 22.8 Å². The molecule has 0 fully saturated rings. The number of rotatable bonds is 8. The van der Waals surface area contributed by atoms with Gasteiger partial charge >= 0.3 is 0 Å². The number of nitrogens with zero attached hydrogens (tertiary/aromatic N) is 4. The average molecular weight is 687 g/mol. The molecule has 0 aliphatic rings. The smallest absolute Gasteiger partial charge is 0.163 e. The lowest BCUT2D eigenvalue weighted by molar-refractivity contribution is 0.606. The first kappa shape index (κ1) is 34.5. The second-order valence-corrected chi connectivity index (χ2v) is 12.3. The van der Waals surface area contributed by atoms with Gasteiger partial charge < -0.3 is 4.42 Å². The number of hydrogen-bond donors (Lipinski definition) is 0. The van der Waals surface area contributed by atoms with E-state index in [4.69, 9.17) is 9.40 Å². The molecular formula is C48H38N4O. The van der Waals surface area contributed by atoms with Crippen LogP contribution in [0.1, 0.15) is 18.1 Å². The first-order chi connectivity index (χ1) is 26.2. The van der Waals surface area contributed by atoms with Gasteiger partial charge in [0.25, 0.3) is 0 Å². The minimum atomic E-state index is 0.574. The molecule has 53 heavy (non-hydrogen) atoms. The summed E-state index contributed by atoms with van der Waals surface area (Å²) in [4.78, 5) is 18.3. The van der Waals surface area contributed by atoms with E-state index < -0.39 is 0 Å². The van der Waals surface area contributed by atoms with Crippen molar-refractivity contribution in [2.75, 3.05) is 0 Å². The standard InChI is InChI=1S/C48H38N4O/c1-2-36(34-49-31-29-37-15-5-3-6-16-37)17-13-18-38-19-14-23-39-20-9-10-24-42(39)43-25-11-12-26-44(43)45-28-27-41(33-46(45)53-32-30-38)48-51-35-50-47(52-48)40-21-7-4-8-22-40/h2-17,19-35H,18H2,1H3/b17-13-,23-14?,31-29-,32-30?,36-2+,38-19?,49-34+. The average Bonchev–Trinajstić information content (AvgIpc) is 3.23. The molecule has 7 aromatic rings. The highest BCUT2D eigenvalue weighted by Crippen LogP contribution is 2.30. The van der Waals surface area contributed by atoms with Crippen molar-refractivity contribution in [3.05, 3.63) is 205 Å². The van der Waals surface area contributed by atoms with Crippen LogP contribution < -0.4 is 0 Å². The van der Waals surface area contributed by atoms with E-state index in [1.54, 1.807) is 12.6 Å². The molecule has 0 saturated heterocycles. The van der Waals surface area contributed by atoms with Crippen molar-refractivity contribution in [2.45, 2.75) is 13.3 Å². The molecule has 0 radical (unpaired) electrons. The van der Waals surface area contributed by atoms with Crippen LogP contribution in [0.5, 0.6) is 0 Å². The van der Waals surface area contributed by atoms with Crippen LogP contribution in [-0.2, 0) is 6.42 Å². The third-order valence-electron chi connectivity index (χ3n) is 8.75. The molecule has 7 rings (SSSR count). The maximum atomic E-state index is 6.52. The van der Waals surface area contributed by atoms with Gasteiger partial charge in [-0.1, -0.05) is 152 Å². The molecule has 5 nitrogen and oxygen atoms in total. The summed E-state index contributed by atoms with van der Waals surface area (Å²) in [7, 11) is 0. The van der Waals surface area contributed by atoms with Gasteiger partial charge in [0.15, 0.2) is 11.6 Å². The van der Waals surface area contributed by atoms with E-state index in [0.29, 0.717) is 23.7 Å². The molecule has 0 N–H and O–H groups in total. The van der Waals surface area contributed by atoms with Crippen LogP contribution in [0.3, 0.4) is 0 Å². The van der Waals surface area contributed by atoms with Crippen molar-refractivity contribution < 1.29 is 4.42 Å². The Bertz CT molecular complexity index is 2600. The summed E-state index contributed by atoms with van der Waals surface area (Å²) in [6, 6.07) is 51.6. The van der Waals surface area contributed by atoms with Crippen molar-refractivity contribution in [1.29, 1.82) is 0 Å². The van der Waals surface area contributed by atoms with Gasteiger partial charge in [0.2, 0.25) is 0 Å². The van der Waals surface area contributed by atoms with Gasteiger partial charge in [-0.25, -0.2) is 15.0 Å². The second-order valence-electron chi connectivity index (χ2n) is 12.3. The summed E-state index contributed by atoms with van der Waals surface area (Å²) in [5.74, 6) is 1.19. The van der Waals surface area contributed by atoms with Gasteiger partial charge in [-0.3, -0.25) is 4.99 Å². The Balaban J connectivity index is 1.31. The summed E-state index contributed by atoms with van der Waals surface area (Å²) in [6.45, 7) is 2.02. The SMILES string of the molecule is C/C=C(\C=C/Cc1cccc2ccccc2c2ccccc2c2ccc(-c3ncnc(-c4ccccc4)n3)cc2occ1)/C=N/C=C\c1ccccc1. The van der Waals surface area contributed by atoms with E-state index in [-0.39, 0.29) is 0 Å². The second kappa shape index (κ2) is 17.3. The Hall–Kier alpha value is -6.98. The number of aliphatic imine (C=N–C) groups is 1. The van der Waals surface area contributed by atoms with Crippen LogP contribution in [0, 0.1) is 0 Å². The van der Waals surface area contributed by atoms with E-state index in [2.05, 4.69) is 112 Å². The third-order valence-corrected chi connectivity index (χ3v) is 8.75. The molecule has 0 unspecified atom stereocenters. The zero-order valence-electron chi connectivity index (χ0n) is 29.5. The van der Waals surface area contributed by atoms with E-state index >= 15 is 0 Å². The lowest BCUT2D eigenvalue weighted by Crippen LogP contribution is -1.95. The number of aromatic nitrogens is 3. The molecule has 256 valence electrons. The number of fused-ring (bicyclic) bond motifs is 5. The Morgan fingerprint density at radius 1 is 0.642 bits per heavy atom. The van der Waals surface area contributed by atoms with Crippen molar-refractivity contribution in [3.63, 3.8) is 0 Å². The fourth-order valence-corrected chi connectivity index (χ4v) is 6.01. The van der Waals surface area contributed by atoms with E-state index in [1.807, 2.05) is 98.2 Å². The van der Waals surface area contributed by atoms with Crippen molar-refractivity contribution in [2.24, 2.45) is 4.99 Å². The van der Waals surface area contributed by atoms with Crippen LogP contribution in [-0.4, -0.2) is 21.2 Å². The monoisotopic (exact) mass is 686 g/mol. The van der Waals surface area contributed by atoms with E-state index in [0.717, 1.165) is 54.8 Å². The molecule has 5 heteroatoms. The number of allylic oxidation sites excluding steroid dienone is 4. The van der Waals surface area contributed by atoms with Gasteiger partial charge in [-0.2, -0.15) is 0 Å². The molecule has 0 bridgehead atoms. The Kier molecular flexibility index (Phi) is 11.2. The predicted octanol–water partition coefficient (Wildman–Crippen LogP) is 12.3. The first-order valence-electron chi connectivity index (χ1n) is 17.6. The van der Waals surface area contributed by atoms with E-state index in [1.165, 1.54) is 0 Å². The lowest BCUT2D eigenvalue weighted by Gasteiger charge is -2.06. The molecule has 0 aliphatic carbocycles. The van der Waals surface area contributed by atoms with Crippen LogP contribution in [0.15, 0.2) is 204 Å². The van der Waals surface area contributed by atoms with Gasteiger partial charge in [-0.05, 0) is 75.9 Å². The Morgan fingerprint density at radius 3 is 2.11 bits per heavy atom. The molecular weight excluding hydrogens is 649 g/mol. The summed E-state index contributed by atoms with van der Waals surface area (Å²) in [6.07, 6.45) is 16.0. The molecule has 2 aromatic heterocycles. The molecule has 5 aromatic carbocycles. The van der Waals surface area contributed by atoms with Crippen molar-refractivity contribution in [1.82, 2.24) is 15.0 Å². The highest BCUT2D eigenvalue weighted by atomic mass is 16.3. The first-order valence-corrected chi connectivity index (χ1v) is 17.6. The normalized spacial score (nSPS) is 11.8. The zero-order chi connectivity index (χ0) is 36.1. The lowest BCUT2D eigenvalue weighted by atomic mass is 10.0. The van der Waals surface area contributed by atoms with Crippen LogP contribution >= 0.6 is 0 Å². The van der Waals surface area contributed by atoms with Crippen LogP contribution in [0.2, 0.25) is 0 Å². The maximum Gasteiger partial charge on any atom is 0.163 e. The fourth-order valence-electron chi connectivity index (χ4n) is 6.01. The molecule has 2 heterocycles. The summed E-state index contributed by atoms with van der Waals surface area (Å²) in [5.41, 5.74) is 5.67. The number of benzene rings is 5. The van der Waals surface area contributed by atoms with Crippen molar-refractivity contribution >= 4 is 44.8 Å². The summed E-state index contributed by atoms with van der Waals surface area (Å²) in [5, 5.41) is 5.42. The molecule has 0 aliphatic heterocycles. The highest BCUT2D eigenvalue weighted by Gasteiger charge is 2.09. The minimum Gasteiger partial charge on any atom is -0.464 e. The molecule has 0 atom stereocenters. The molecule has 0 spiro atoms. The minimum absolute atomic E-state index is 0.574. The zero-order valence-corrected chi connectivity index (χ0v) is 29.5.